The van der Waals surface area contributed by atoms with Crippen molar-refractivity contribution in [2.75, 3.05) is 44.4 Å². The molecule has 1 fully saturated rings. The van der Waals surface area contributed by atoms with Crippen LogP contribution in [-0.2, 0) is 65.8 Å². The third-order valence-electron chi connectivity index (χ3n) is 15.0. The van der Waals surface area contributed by atoms with Gasteiger partial charge in [0.05, 0.1) is 54.9 Å². The molecule has 0 radical (unpaired) electrons. The lowest BCUT2D eigenvalue weighted by molar-refractivity contribution is -0.144. The fraction of sp³-hybridized carbons (Fsp3) is 0.545. The fourth-order valence-electron chi connectivity index (χ4n) is 9.88. The van der Waals surface area contributed by atoms with Gasteiger partial charge >= 0.3 is 0 Å². The van der Waals surface area contributed by atoms with E-state index in [1.165, 1.54) is 6.92 Å². The number of nitrogens with zero attached hydrogens (tertiary/aromatic N) is 1. The molecule has 2 bridgehead atoms. The molecule has 28 nitrogen and oxygen atoms in total. The number of rotatable bonds is 16. The minimum Gasteiger partial charge on any atom is -0.489 e. The highest BCUT2D eigenvalue weighted by molar-refractivity contribution is 7.99. The summed E-state index contributed by atoms with van der Waals surface area (Å²) in [6.07, 6.45) is -4.17. The van der Waals surface area contributed by atoms with E-state index in [1.807, 2.05) is 13.8 Å². The Balaban J connectivity index is 1.41. The Morgan fingerprint density at radius 2 is 1.49 bits per heavy atom. The maximum Gasteiger partial charge on any atom is 0.246 e. The molecule has 458 valence electrons. The summed E-state index contributed by atoms with van der Waals surface area (Å²) in [5, 5.41) is 58.8. The molecule has 1 aromatic heterocycles. The van der Waals surface area contributed by atoms with Crippen molar-refractivity contribution >= 4 is 93.3 Å². The number of hydrogen-bond donors (Lipinski definition) is 15. The number of carbonyl (C=O) groups is 11. The Hall–Kier alpha value is -7.86. The first-order chi connectivity index (χ1) is 39.8. The number of aliphatic hydroxyl groups excluding tert-OH is 3. The number of amides is 11. The van der Waals surface area contributed by atoms with E-state index in [0.717, 1.165) is 16.7 Å². The van der Waals surface area contributed by atoms with Gasteiger partial charge < -0.3 is 88.8 Å². The van der Waals surface area contributed by atoms with Gasteiger partial charge in [-0.3, -0.25) is 52.7 Å². The number of nitrogens with two attached hydrogens (primary N) is 1. The first-order valence-corrected chi connectivity index (χ1v) is 28.7. The molecule has 4 heterocycles. The number of H-pyrrole nitrogens is 1. The molecule has 11 amide bonds. The molecule has 3 aromatic rings. The normalized spacial score (nSPS) is 24.3. The van der Waals surface area contributed by atoms with E-state index in [-0.39, 0.29) is 35.6 Å². The van der Waals surface area contributed by atoms with E-state index in [4.69, 9.17) is 10.5 Å². The molecule has 0 unspecified atom stereocenters. The van der Waals surface area contributed by atoms with E-state index in [1.54, 1.807) is 70.3 Å². The van der Waals surface area contributed by atoms with Crippen LogP contribution in [0.3, 0.4) is 0 Å². The van der Waals surface area contributed by atoms with Crippen LogP contribution in [0.1, 0.15) is 71.9 Å². The molecule has 0 spiro atoms. The number of aliphatic hydroxyl groups is 3. The second kappa shape index (κ2) is 29.6. The zero-order valence-electron chi connectivity index (χ0n) is 47.8. The maximum absolute atomic E-state index is 14.7. The molecule has 0 aliphatic carbocycles. The second-order valence-corrected chi connectivity index (χ2v) is 22.7. The monoisotopic (exact) mass is 1190 g/mol. The van der Waals surface area contributed by atoms with Crippen LogP contribution in [0.4, 0.5) is 5.69 Å². The average molecular weight is 1190 g/mol. The summed E-state index contributed by atoms with van der Waals surface area (Å²) in [7, 11) is 1.67. The van der Waals surface area contributed by atoms with Crippen LogP contribution < -0.4 is 63.6 Å². The van der Waals surface area contributed by atoms with E-state index in [9.17, 15) is 68.1 Å². The molecule has 2 aromatic carbocycles. The number of carbonyl (C=O) groups excluding carboxylic acids is 11. The van der Waals surface area contributed by atoms with Crippen molar-refractivity contribution in [3.8, 4) is 5.75 Å². The quantitative estimate of drug-likeness (QED) is 0.0666. The highest BCUT2D eigenvalue weighted by Gasteiger charge is 2.45. The predicted molar refractivity (Wildman–Crippen MR) is 305 cm³/mol. The second-order valence-electron chi connectivity index (χ2n) is 21.6. The van der Waals surface area contributed by atoms with Crippen molar-refractivity contribution in [1.82, 2.24) is 57.7 Å². The first-order valence-electron chi connectivity index (χ1n) is 27.7. The minimum atomic E-state index is -1.78. The smallest absolute Gasteiger partial charge is 0.246 e. The Kier molecular flexibility index (Phi) is 23.0. The molecule has 29 heteroatoms. The number of fused-ring (bicyclic) bond motifs is 5. The first kappa shape index (κ1) is 65.3. The molecule has 6 rings (SSSR count). The highest BCUT2D eigenvalue weighted by Crippen LogP contribution is 2.34. The third kappa shape index (κ3) is 16.9. The number of aromatic amines is 1. The maximum atomic E-state index is 14.7. The van der Waals surface area contributed by atoms with Crippen molar-refractivity contribution in [3.05, 3.63) is 53.6 Å². The number of aromatic nitrogens is 1. The van der Waals surface area contributed by atoms with Crippen molar-refractivity contribution in [2.24, 2.45) is 23.5 Å². The van der Waals surface area contributed by atoms with E-state index in [0.29, 0.717) is 39.9 Å². The summed E-state index contributed by atoms with van der Waals surface area (Å²) in [4.78, 5) is 156. The molecule has 12 atom stereocenters. The van der Waals surface area contributed by atoms with Crippen LogP contribution >= 0.6 is 11.8 Å². The Morgan fingerprint density at radius 1 is 0.810 bits per heavy atom. The van der Waals surface area contributed by atoms with Gasteiger partial charge in [-0.2, -0.15) is 0 Å². The summed E-state index contributed by atoms with van der Waals surface area (Å²) >= 11 is 0.960. The molecule has 3 aliphatic heterocycles. The summed E-state index contributed by atoms with van der Waals surface area (Å²) in [5.41, 5.74) is 7.50. The van der Waals surface area contributed by atoms with Gasteiger partial charge in [0.25, 0.3) is 0 Å². The number of thioether (sulfide) groups is 1. The van der Waals surface area contributed by atoms with Gasteiger partial charge in [0.15, 0.2) is 0 Å². The zero-order chi connectivity index (χ0) is 61.7. The molecule has 16 N–H and O–H groups in total. The number of likely N-dealkylation sites (N-methyl/N-ethyl adjacent to an activating group) is 1. The Bertz CT molecular complexity index is 2940. The number of ether oxygens (including phenoxy) is 1. The van der Waals surface area contributed by atoms with Gasteiger partial charge in [-0.05, 0) is 61.2 Å². The molecular weight excluding hydrogens is 1110 g/mol. The van der Waals surface area contributed by atoms with Crippen molar-refractivity contribution in [1.29, 1.82) is 0 Å². The number of nitrogens with one attached hydrogen (secondary N) is 11. The number of anilines is 1. The lowest BCUT2D eigenvalue weighted by Crippen LogP contribution is -2.62. The molecular formula is C55H77N13O15S. The average Bonchev–Trinajstić information content (AvgIpc) is 2.68. The summed E-state index contributed by atoms with van der Waals surface area (Å²) in [5.74, 6) is -11.2. The van der Waals surface area contributed by atoms with Crippen LogP contribution in [0.5, 0.6) is 5.75 Å². The highest BCUT2D eigenvalue weighted by atomic mass is 32.2. The van der Waals surface area contributed by atoms with Crippen molar-refractivity contribution in [3.63, 3.8) is 0 Å². The van der Waals surface area contributed by atoms with Gasteiger partial charge in [0.2, 0.25) is 65.0 Å². The van der Waals surface area contributed by atoms with Gasteiger partial charge in [-0.1, -0.05) is 53.2 Å². The molecule has 3 aliphatic rings. The van der Waals surface area contributed by atoms with Gasteiger partial charge in [-0.15, -0.1) is 11.8 Å². The Labute approximate surface area is 488 Å². The summed E-state index contributed by atoms with van der Waals surface area (Å²) < 4.78 is 6.20. The fourth-order valence-corrected chi connectivity index (χ4v) is 11.0. The van der Waals surface area contributed by atoms with Crippen LogP contribution in [0.25, 0.3) is 10.9 Å². The SMILES string of the molecule is CC[C@H](C)[C@@H]1NC(=O)CNC(=O)[C@@H]2Cc3c([nH]c4cc(OCc5ccc(NC(=O)[C@H](C)NC(=O)[C@@H](NC)C(C)C)cc5)ccc34)SC[C@H](NC(=O)CNC1=O)C(=O)N[C@@H](CC(N)=O)C(=O)N1C[C@H](O)C[C@H]1C(=O)N[C@@H]([C@@H](C)[C@@H](O)CO)C(=O)N2. The third-order valence-corrected chi connectivity index (χ3v) is 16.1. The number of benzene rings is 2. The van der Waals surface area contributed by atoms with E-state index < -0.39 is 171 Å². The van der Waals surface area contributed by atoms with Crippen molar-refractivity contribution < 1.29 is 72.8 Å². The summed E-state index contributed by atoms with van der Waals surface area (Å²) in [6, 6.07) is 0.919. The van der Waals surface area contributed by atoms with Gasteiger partial charge in [-0.25, -0.2) is 0 Å². The largest absolute Gasteiger partial charge is 0.489 e. The van der Waals surface area contributed by atoms with E-state index in [2.05, 4.69) is 58.2 Å². The lowest BCUT2D eigenvalue weighted by Gasteiger charge is -2.32. The van der Waals surface area contributed by atoms with Gasteiger partial charge in [0.1, 0.15) is 54.6 Å². The standard InChI is InChI=1S/C55H77N13O15S/c1-8-26(4)45-51(79)59-19-42(73)62-38-24-84-54-34(33-14-13-32(16-35(33)65-54)83-23-29-9-11-30(12-10-29)61-47(75)28(6)60-52(80)44(57-7)25(2)3)17-36(48(76)58-20-43(74)66-45)63-53(81)46(27(5)40(71)22-69)67-50(78)39-15-31(70)21-68(39)55(82)37(18-41(56)72)64-49(38)77/h9-14,16,25-28,31,36-40,44-46,57,65,69-71H,8,15,17-24H2,1-7H3,(H2,56,72)(H,58,76)(H,59,79)(H,60,80)(H,61,75)(H,62,73)(H,63,81)(H,64,77)(H,66,74)(H,67,78)/t26-,27-,28-,31+,36-,37-,38-,39-,40-,44-,45-,46-/m0/s1. The predicted octanol–water partition coefficient (Wildman–Crippen LogP) is -3.38. The van der Waals surface area contributed by atoms with Crippen LogP contribution in [-0.4, -0.2) is 190 Å². The lowest BCUT2D eigenvalue weighted by atomic mass is 9.93. The number of hydrogen-bond acceptors (Lipinski definition) is 17. The minimum absolute atomic E-state index is 0.00860. The molecule has 84 heavy (non-hydrogen) atoms. The Morgan fingerprint density at radius 3 is 2.13 bits per heavy atom. The van der Waals surface area contributed by atoms with Crippen LogP contribution in [0.15, 0.2) is 47.5 Å². The van der Waals surface area contributed by atoms with E-state index >= 15 is 0 Å². The topological polar surface area (TPSA) is 423 Å². The van der Waals surface area contributed by atoms with Crippen molar-refractivity contribution in [2.45, 2.75) is 139 Å². The van der Waals surface area contributed by atoms with Gasteiger partial charge in [0, 0.05) is 48.2 Å². The van der Waals surface area contributed by atoms with Crippen LogP contribution in [0, 0.1) is 17.8 Å². The van der Waals surface area contributed by atoms with Crippen LogP contribution in [0.2, 0.25) is 0 Å². The number of primary amides is 1. The summed E-state index contributed by atoms with van der Waals surface area (Å²) in [6.45, 7) is 7.37. The zero-order valence-corrected chi connectivity index (χ0v) is 48.6. The molecule has 1 saturated heterocycles. The molecule has 0 saturated carbocycles.